The van der Waals surface area contributed by atoms with Gasteiger partial charge in [0.05, 0.1) is 37.6 Å². The fourth-order valence-corrected chi connectivity index (χ4v) is 3.39. The van der Waals surface area contributed by atoms with Crippen molar-refractivity contribution in [3.63, 3.8) is 0 Å². The van der Waals surface area contributed by atoms with E-state index in [4.69, 9.17) is 14.6 Å². The molecule has 1 aromatic rings. The molecule has 2 heterocycles. The molecule has 1 aliphatic heterocycles. The summed E-state index contributed by atoms with van der Waals surface area (Å²) >= 11 is 1.38. The van der Waals surface area contributed by atoms with Crippen molar-refractivity contribution < 1.29 is 19.4 Å². The highest BCUT2D eigenvalue weighted by atomic mass is 32.1. The number of ether oxygens (including phenoxy) is 2. The second-order valence-corrected chi connectivity index (χ2v) is 6.87. The minimum absolute atomic E-state index is 0.0447. The fraction of sp³-hybridized carbons (Fsp3) is 0.600. The highest BCUT2D eigenvalue weighted by molar-refractivity contribution is 7.16. The molecular formula is C15H21N3O4S. The number of carbonyl (C=O) groups excluding carboxylic acids is 1. The summed E-state index contributed by atoms with van der Waals surface area (Å²) in [4.78, 5) is 12.9. The summed E-state index contributed by atoms with van der Waals surface area (Å²) in [6, 6.07) is 1.81. The van der Waals surface area contributed by atoms with E-state index in [9.17, 15) is 10.1 Å². The first kappa shape index (κ1) is 17.7. The molecule has 2 amide bonds. The van der Waals surface area contributed by atoms with Gasteiger partial charge in [-0.25, -0.2) is 4.79 Å². The number of aliphatic hydroxyl groups excluding tert-OH is 1. The standard InChI is InChI=1S/C15H21N3O4S/c1-15(2)7-10-11(8-16)13(23-12(10)9-22-15)18-14(20)17-3-5-21-6-4-19/h19H,3-7,9H2,1-2H3,(H2,17,18,20). The monoisotopic (exact) mass is 339 g/mol. The average molecular weight is 339 g/mol. The molecule has 23 heavy (non-hydrogen) atoms. The van der Waals surface area contributed by atoms with Crippen LogP contribution in [0.25, 0.3) is 0 Å². The number of fused-ring (bicyclic) bond motifs is 1. The van der Waals surface area contributed by atoms with Gasteiger partial charge in [0.1, 0.15) is 11.1 Å². The number of urea groups is 1. The van der Waals surface area contributed by atoms with E-state index >= 15 is 0 Å². The van der Waals surface area contributed by atoms with E-state index in [1.165, 1.54) is 11.3 Å². The van der Waals surface area contributed by atoms with Gasteiger partial charge < -0.3 is 19.9 Å². The van der Waals surface area contributed by atoms with Gasteiger partial charge in [-0.1, -0.05) is 0 Å². The Bertz CT molecular complexity index is 607. The highest BCUT2D eigenvalue weighted by Crippen LogP contribution is 2.39. The van der Waals surface area contributed by atoms with Gasteiger partial charge >= 0.3 is 6.03 Å². The molecule has 0 aromatic carbocycles. The van der Waals surface area contributed by atoms with Crippen LogP contribution in [0.2, 0.25) is 0 Å². The first-order valence-electron chi connectivity index (χ1n) is 7.39. The number of nitrogens with zero attached hydrogens (tertiary/aromatic N) is 1. The first-order valence-corrected chi connectivity index (χ1v) is 8.20. The molecule has 0 unspecified atom stereocenters. The van der Waals surface area contributed by atoms with Crippen LogP contribution in [0, 0.1) is 11.3 Å². The zero-order valence-electron chi connectivity index (χ0n) is 13.3. The molecule has 1 aromatic heterocycles. The van der Waals surface area contributed by atoms with Crippen molar-refractivity contribution in [1.29, 1.82) is 5.26 Å². The van der Waals surface area contributed by atoms with E-state index in [-0.39, 0.29) is 24.8 Å². The van der Waals surface area contributed by atoms with Crippen LogP contribution in [0.4, 0.5) is 9.80 Å². The summed E-state index contributed by atoms with van der Waals surface area (Å²) < 4.78 is 10.8. The largest absolute Gasteiger partial charge is 0.394 e. The molecule has 0 aliphatic carbocycles. The topological polar surface area (TPSA) is 104 Å². The van der Waals surface area contributed by atoms with E-state index in [1.807, 2.05) is 13.8 Å². The van der Waals surface area contributed by atoms with Crippen molar-refractivity contribution in [2.24, 2.45) is 0 Å². The predicted molar refractivity (Wildman–Crippen MR) is 86.5 cm³/mol. The molecule has 126 valence electrons. The van der Waals surface area contributed by atoms with Crippen LogP contribution in [0.5, 0.6) is 0 Å². The Kier molecular flexibility index (Phi) is 5.96. The Morgan fingerprint density at radius 1 is 1.52 bits per heavy atom. The van der Waals surface area contributed by atoms with E-state index in [1.54, 1.807) is 0 Å². The van der Waals surface area contributed by atoms with Crippen LogP contribution in [0.3, 0.4) is 0 Å². The van der Waals surface area contributed by atoms with Gasteiger partial charge in [-0.3, -0.25) is 5.32 Å². The van der Waals surface area contributed by atoms with Crippen molar-refractivity contribution in [3.05, 3.63) is 16.0 Å². The maximum Gasteiger partial charge on any atom is 0.319 e. The summed E-state index contributed by atoms with van der Waals surface area (Å²) in [5, 5.41) is 23.9. The first-order chi connectivity index (χ1) is 11.0. The van der Waals surface area contributed by atoms with Crippen LogP contribution in [0.1, 0.15) is 29.9 Å². The molecule has 3 N–H and O–H groups in total. The molecule has 0 atom stereocenters. The number of amides is 2. The van der Waals surface area contributed by atoms with Crippen molar-refractivity contribution in [2.45, 2.75) is 32.5 Å². The van der Waals surface area contributed by atoms with Crippen molar-refractivity contribution >= 4 is 22.4 Å². The Morgan fingerprint density at radius 2 is 2.30 bits per heavy atom. The summed E-state index contributed by atoms with van der Waals surface area (Å²) in [7, 11) is 0. The summed E-state index contributed by atoms with van der Waals surface area (Å²) in [6.07, 6.45) is 0.653. The molecule has 0 bridgehead atoms. The number of aliphatic hydroxyl groups is 1. The molecule has 0 fully saturated rings. The molecule has 0 spiro atoms. The van der Waals surface area contributed by atoms with Gasteiger partial charge in [0.25, 0.3) is 0 Å². The number of nitriles is 1. The smallest absolute Gasteiger partial charge is 0.319 e. The van der Waals surface area contributed by atoms with Gasteiger partial charge in [0, 0.05) is 17.8 Å². The quantitative estimate of drug-likeness (QED) is 0.683. The zero-order chi connectivity index (χ0) is 16.9. The second kappa shape index (κ2) is 7.75. The van der Waals surface area contributed by atoms with Gasteiger partial charge in [0.2, 0.25) is 0 Å². The maximum atomic E-state index is 11.9. The number of nitrogens with one attached hydrogen (secondary N) is 2. The summed E-state index contributed by atoms with van der Waals surface area (Å²) in [5.41, 5.74) is 1.19. The number of hydrogen-bond donors (Lipinski definition) is 3. The van der Waals surface area contributed by atoms with Crippen molar-refractivity contribution in [2.75, 3.05) is 31.7 Å². The van der Waals surface area contributed by atoms with Gasteiger partial charge in [-0.2, -0.15) is 5.26 Å². The number of hydrogen-bond acceptors (Lipinski definition) is 6. The third-order valence-electron chi connectivity index (χ3n) is 3.39. The SMILES string of the molecule is CC1(C)Cc2c(sc(NC(=O)NCCOCCO)c2C#N)CO1. The van der Waals surface area contributed by atoms with Crippen molar-refractivity contribution in [3.8, 4) is 6.07 Å². The van der Waals surface area contributed by atoms with E-state index in [0.717, 1.165) is 10.4 Å². The molecule has 8 heteroatoms. The Morgan fingerprint density at radius 3 is 3.00 bits per heavy atom. The lowest BCUT2D eigenvalue weighted by atomic mass is 9.93. The minimum atomic E-state index is -0.382. The molecule has 0 radical (unpaired) electrons. The van der Waals surface area contributed by atoms with Crippen LogP contribution in [-0.2, 0) is 22.5 Å². The summed E-state index contributed by atoms with van der Waals surface area (Å²) in [6.45, 7) is 5.28. The van der Waals surface area contributed by atoms with Gasteiger partial charge in [0.15, 0.2) is 0 Å². The molecule has 1 aliphatic rings. The fourth-order valence-electron chi connectivity index (χ4n) is 2.31. The molecular weight excluding hydrogens is 318 g/mol. The van der Waals surface area contributed by atoms with Crippen LogP contribution in [0.15, 0.2) is 0 Å². The van der Waals surface area contributed by atoms with Crippen LogP contribution >= 0.6 is 11.3 Å². The highest BCUT2D eigenvalue weighted by Gasteiger charge is 2.31. The van der Waals surface area contributed by atoms with Crippen molar-refractivity contribution in [1.82, 2.24) is 5.32 Å². The van der Waals surface area contributed by atoms with Crippen LogP contribution in [-0.4, -0.2) is 43.1 Å². The Hall–Kier alpha value is -1.66. The number of anilines is 1. The Labute approximate surface area is 139 Å². The van der Waals surface area contributed by atoms with E-state index in [2.05, 4.69) is 16.7 Å². The lowest BCUT2D eigenvalue weighted by Crippen LogP contribution is -2.32. The lowest BCUT2D eigenvalue weighted by molar-refractivity contribution is -0.0383. The predicted octanol–water partition coefficient (Wildman–Crippen LogP) is 1.60. The van der Waals surface area contributed by atoms with E-state index < -0.39 is 0 Å². The van der Waals surface area contributed by atoms with Gasteiger partial charge in [-0.05, 0) is 19.4 Å². The normalized spacial score (nSPS) is 15.6. The summed E-state index contributed by atoms with van der Waals surface area (Å²) in [5.74, 6) is 0. The second-order valence-electron chi connectivity index (χ2n) is 5.76. The van der Waals surface area contributed by atoms with Gasteiger partial charge in [-0.15, -0.1) is 11.3 Å². The average Bonchev–Trinajstić information content (AvgIpc) is 2.82. The molecule has 0 saturated carbocycles. The third kappa shape index (κ3) is 4.65. The molecule has 0 saturated heterocycles. The number of carbonyl (C=O) groups is 1. The molecule has 7 nitrogen and oxygen atoms in total. The third-order valence-corrected chi connectivity index (χ3v) is 4.51. The minimum Gasteiger partial charge on any atom is -0.394 e. The lowest BCUT2D eigenvalue weighted by Gasteiger charge is -2.29. The number of rotatable bonds is 6. The Balaban J connectivity index is 1.97. The van der Waals surface area contributed by atoms with E-state index in [0.29, 0.717) is 36.7 Å². The molecule has 2 rings (SSSR count). The van der Waals surface area contributed by atoms with Crippen LogP contribution < -0.4 is 10.6 Å². The number of thiophene rings is 1. The zero-order valence-corrected chi connectivity index (χ0v) is 14.1. The maximum absolute atomic E-state index is 11.9.